The number of hydrogen-bond acceptors (Lipinski definition) is 5. The molecular formula is C22H25N3O2S. The molecule has 1 saturated heterocycles. The first-order valence-electron chi connectivity index (χ1n) is 9.55. The molecule has 0 spiro atoms. The van der Waals surface area contributed by atoms with Gasteiger partial charge in [-0.05, 0) is 42.8 Å². The maximum Gasteiger partial charge on any atom is 0.252 e. The highest BCUT2D eigenvalue weighted by molar-refractivity contribution is 7.98. The molecule has 1 amide bonds. The zero-order chi connectivity index (χ0) is 19.6. The monoisotopic (exact) mass is 395 g/mol. The molecule has 0 saturated carbocycles. The molecule has 6 heteroatoms. The van der Waals surface area contributed by atoms with E-state index in [0.717, 1.165) is 55.5 Å². The van der Waals surface area contributed by atoms with Gasteiger partial charge in [0.2, 0.25) is 0 Å². The second-order valence-electron chi connectivity index (χ2n) is 6.66. The molecule has 3 rings (SSSR count). The van der Waals surface area contributed by atoms with Gasteiger partial charge in [-0.2, -0.15) is 5.26 Å². The standard InChI is InChI=1S/C22H25N3O2S/c23-16-18-6-8-19(9-7-18)17-28-21-5-2-1-4-20(21)22(26)24-10-3-11-25-12-14-27-15-13-25/h1-2,4-9H,3,10-15,17H2,(H,24,26). The highest BCUT2D eigenvalue weighted by Gasteiger charge is 2.12. The molecule has 1 aliphatic rings. The van der Waals surface area contributed by atoms with E-state index in [1.54, 1.807) is 11.8 Å². The normalized spacial score (nSPS) is 14.4. The molecule has 146 valence electrons. The second-order valence-corrected chi connectivity index (χ2v) is 7.67. The first-order chi connectivity index (χ1) is 13.8. The first kappa shape index (κ1) is 20.4. The summed E-state index contributed by atoms with van der Waals surface area (Å²) in [6, 6.07) is 17.4. The molecule has 0 radical (unpaired) electrons. The number of rotatable bonds is 8. The molecule has 1 N–H and O–H groups in total. The lowest BCUT2D eigenvalue weighted by molar-refractivity contribution is 0.0374. The quantitative estimate of drug-likeness (QED) is 0.549. The topological polar surface area (TPSA) is 65.4 Å². The van der Waals surface area contributed by atoms with Gasteiger partial charge in [0.05, 0.1) is 30.4 Å². The molecule has 2 aromatic carbocycles. The van der Waals surface area contributed by atoms with Gasteiger partial charge in [0.15, 0.2) is 0 Å². The summed E-state index contributed by atoms with van der Waals surface area (Å²) in [5.41, 5.74) is 2.50. The predicted octanol–water partition coefficient (Wildman–Crippen LogP) is 3.30. The van der Waals surface area contributed by atoms with E-state index in [1.807, 2.05) is 48.5 Å². The van der Waals surface area contributed by atoms with Crippen molar-refractivity contribution in [1.29, 1.82) is 5.26 Å². The second kappa shape index (κ2) is 10.9. The van der Waals surface area contributed by atoms with Gasteiger partial charge in [0.25, 0.3) is 5.91 Å². The minimum atomic E-state index is -0.0232. The van der Waals surface area contributed by atoms with E-state index in [2.05, 4.69) is 16.3 Å². The van der Waals surface area contributed by atoms with Crippen molar-refractivity contribution in [1.82, 2.24) is 10.2 Å². The Kier molecular flexibility index (Phi) is 7.92. The molecule has 2 aromatic rings. The number of thioether (sulfide) groups is 1. The number of amides is 1. The summed E-state index contributed by atoms with van der Waals surface area (Å²) in [4.78, 5) is 16.0. The number of nitriles is 1. The van der Waals surface area contributed by atoms with Crippen molar-refractivity contribution >= 4 is 17.7 Å². The van der Waals surface area contributed by atoms with Crippen LogP contribution in [-0.4, -0.2) is 50.2 Å². The van der Waals surface area contributed by atoms with Gasteiger partial charge in [-0.3, -0.25) is 9.69 Å². The maximum absolute atomic E-state index is 12.6. The number of nitrogens with zero attached hydrogens (tertiary/aromatic N) is 2. The molecule has 0 unspecified atom stereocenters. The summed E-state index contributed by atoms with van der Waals surface area (Å²) in [5.74, 6) is 0.734. The van der Waals surface area contributed by atoms with Crippen LogP contribution in [0, 0.1) is 11.3 Å². The van der Waals surface area contributed by atoms with E-state index < -0.39 is 0 Å². The molecule has 28 heavy (non-hydrogen) atoms. The summed E-state index contributed by atoms with van der Waals surface area (Å²) in [5, 5.41) is 11.9. The number of carbonyl (C=O) groups is 1. The van der Waals surface area contributed by atoms with Crippen LogP contribution in [0.3, 0.4) is 0 Å². The minimum absolute atomic E-state index is 0.0232. The summed E-state index contributed by atoms with van der Waals surface area (Å²) < 4.78 is 5.35. The third-order valence-electron chi connectivity index (χ3n) is 4.65. The summed E-state index contributed by atoms with van der Waals surface area (Å²) in [6.45, 7) is 5.21. The molecule has 1 fully saturated rings. The zero-order valence-electron chi connectivity index (χ0n) is 15.9. The number of benzene rings is 2. The zero-order valence-corrected chi connectivity index (χ0v) is 16.7. The van der Waals surface area contributed by atoms with Crippen molar-refractivity contribution in [2.45, 2.75) is 17.1 Å². The lowest BCUT2D eigenvalue weighted by atomic mass is 10.2. The van der Waals surface area contributed by atoms with Crippen LogP contribution in [0.1, 0.15) is 27.9 Å². The highest BCUT2D eigenvalue weighted by atomic mass is 32.2. The van der Waals surface area contributed by atoms with Crippen LogP contribution in [0.5, 0.6) is 0 Å². The smallest absolute Gasteiger partial charge is 0.252 e. The minimum Gasteiger partial charge on any atom is -0.379 e. The van der Waals surface area contributed by atoms with Crippen molar-refractivity contribution in [2.24, 2.45) is 0 Å². The number of morpholine rings is 1. The van der Waals surface area contributed by atoms with Crippen LogP contribution in [0.4, 0.5) is 0 Å². The fraction of sp³-hybridized carbons (Fsp3) is 0.364. The Bertz CT molecular complexity index is 811. The predicted molar refractivity (Wildman–Crippen MR) is 111 cm³/mol. The number of hydrogen-bond donors (Lipinski definition) is 1. The van der Waals surface area contributed by atoms with Gasteiger partial charge in [0, 0.05) is 30.3 Å². The van der Waals surface area contributed by atoms with Crippen molar-refractivity contribution in [3.63, 3.8) is 0 Å². The Labute approximate surface area is 170 Å². The summed E-state index contributed by atoms with van der Waals surface area (Å²) >= 11 is 1.64. The molecule has 1 aliphatic heterocycles. The molecule has 0 bridgehead atoms. The van der Waals surface area contributed by atoms with E-state index in [1.165, 1.54) is 0 Å². The average molecular weight is 396 g/mol. The van der Waals surface area contributed by atoms with Crippen LogP contribution in [0.2, 0.25) is 0 Å². The van der Waals surface area contributed by atoms with Gasteiger partial charge < -0.3 is 10.1 Å². The van der Waals surface area contributed by atoms with E-state index in [0.29, 0.717) is 17.7 Å². The maximum atomic E-state index is 12.6. The van der Waals surface area contributed by atoms with Crippen LogP contribution in [0.25, 0.3) is 0 Å². The van der Waals surface area contributed by atoms with Gasteiger partial charge >= 0.3 is 0 Å². The average Bonchev–Trinajstić information content (AvgIpc) is 2.76. The first-order valence-corrected chi connectivity index (χ1v) is 10.5. The fourth-order valence-corrected chi connectivity index (χ4v) is 4.05. The van der Waals surface area contributed by atoms with Crippen molar-refractivity contribution in [3.05, 3.63) is 65.2 Å². The Morgan fingerprint density at radius 2 is 1.89 bits per heavy atom. The third kappa shape index (κ3) is 6.10. The van der Waals surface area contributed by atoms with Crippen molar-refractivity contribution in [3.8, 4) is 6.07 Å². The van der Waals surface area contributed by atoms with Crippen LogP contribution in [0.15, 0.2) is 53.4 Å². The van der Waals surface area contributed by atoms with E-state index in [9.17, 15) is 4.79 Å². The third-order valence-corrected chi connectivity index (χ3v) is 5.79. The fourth-order valence-electron chi connectivity index (χ4n) is 3.04. The van der Waals surface area contributed by atoms with Crippen LogP contribution >= 0.6 is 11.8 Å². The molecule has 0 aliphatic carbocycles. The summed E-state index contributed by atoms with van der Waals surface area (Å²) in [6.07, 6.45) is 0.937. The molecule has 0 aromatic heterocycles. The van der Waals surface area contributed by atoms with Crippen molar-refractivity contribution < 1.29 is 9.53 Å². The van der Waals surface area contributed by atoms with Gasteiger partial charge in [-0.1, -0.05) is 24.3 Å². The highest BCUT2D eigenvalue weighted by Crippen LogP contribution is 2.26. The lowest BCUT2D eigenvalue weighted by Gasteiger charge is -2.26. The Hall–Kier alpha value is -2.33. The number of carbonyl (C=O) groups excluding carboxylic acids is 1. The Morgan fingerprint density at radius 1 is 1.14 bits per heavy atom. The SMILES string of the molecule is N#Cc1ccc(CSc2ccccc2C(=O)NCCCN2CCOCC2)cc1. The molecule has 0 atom stereocenters. The largest absolute Gasteiger partial charge is 0.379 e. The molecular weight excluding hydrogens is 370 g/mol. The number of nitrogens with one attached hydrogen (secondary N) is 1. The van der Waals surface area contributed by atoms with Gasteiger partial charge in [-0.15, -0.1) is 11.8 Å². The van der Waals surface area contributed by atoms with Crippen LogP contribution < -0.4 is 5.32 Å². The molecule has 1 heterocycles. The van der Waals surface area contributed by atoms with E-state index in [4.69, 9.17) is 10.00 Å². The van der Waals surface area contributed by atoms with E-state index >= 15 is 0 Å². The van der Waals surface area contributed by atoms with Gasteiger partial charge in [-0.25, -0.2) is 0 Å². The summed E-state index contributed by atoms with van der Waals surface area (Å²) in [7, 11) is 0. The van der Waals surface area contributed by atoms with Crippen LogP contribution in [-0.2, 0) is 10.5 Å². The Morgan fingerprint density at radius 3 is 2.64 bits per heavy atom. The molecule has 5 nitrogen and oxygen atoms in total. The number of ether oxygens (including phenoxy) is 1. The Balaban J connectivity index is 1.49. The van der Waals surface area contributed by atoms with E-state index in [-0.39, 0.29) is 5.91 Å². The van der Waals surface area contributed by atoms with Gasteiger partial charge in [0.1, 0.15) is 0 Å². The van der Waals surface area contributed by atoms with Crippen molar-refractivity contribution in [2.75, 3.05) is 39.4 Å². The lowest BCUT2D eigenvalue weighted by Crippen LogP contribution is -2.38.